The zero-order valence-electron chi connectivity index (χ0n) is 6.23. The Kier molecular flexibility index (Phi) is 3.76. The average molecular weight is 250 g/mol. The largest absolute Gasteiger partial charge is 0.207 e. The molecular weight excluding hydrogens is 242 g/mol. The average Bonchev–Trinajstić information content (AvgIpc) is 2.07. The number of rotatable bonds is 2. The number of hydrogen-bond acceptors (Lipinski definition) is 0. The minimum atomic E-state index is -0.270. The zero-order valence-corrected chi connectivity index (χ0v) is 8.57. The Morgan fingerprint density at radius 1 is 1.50 bits per heavy atom. The quantitative estimate of drug-likeness (QED) is 0.698. The topological polar surface area (TPSA) is 0 Å². The van der Waals surface area contributed by atoms with E-state index >= 15 is 0 Å². The Hall–Kier alpha value is -0.340. The summed E-state index contributed by atoms with van der Waals surface area (Å²) in [6.45, 7) is 0. The molecule has 1 aromatic rings. The summed E-state index contributed by atoms with van der Waals surface area (Å²) in [5, 5.41) is 1.30. The summed E-state index contributed by atoms with van der Waals surface area (Å²) in [5.41, 5.74) is 0.705. The van der Waals surface area contributed by atoms with Crippen LogP contribution in [0.1, 0.15) is 5.56 Å². The van der Waals surface area contributed by atoms with E-state index in [0.717, 1.165) is 5.33 Å². The van der Waals surface area contributed by atoms with Gasteiger partial charge >= 0.3 is 0 Å². The Bertz CT molecular complexity index is 297. The van der Waals surface area contributed by atoms with Gasteiger partial charge in [0.2, 0.25) is 0 Å². The molecule has 12 heavy (non-hydrogen) atoms. The summed E-state index contributed by atoms with van der Waals surface area (Å²) >= 11 is 9.03. The molecule has 0 spiro atoms. The van der Waals surface area contributed by atoms with Crippen LogP contribution in [0.3, 0.4) is 0 Å². The van der Waals surface area contributed by atoms with Crippen LogP contribution < -0.4 is 0 Å². The molecule has 0 aromatic heterocycles. The van der Waals surface area contributed by atoms with Crippen LogP contribution >= 0.6 is 27.5 Å². The summed E-state index contributed by atoms with van der Waals surface area (Å²) < 4.78 is 12.7. The Labute approximate surface area is 84.2 Å². The lowest BCUT2D eigenvalue weighted by molar-refractivity contribution is 0.627. The highest BCUT2D eigenvalue weighted by Crippen LogP contribution is 2.18. The van der Waals surface area contributed by atoms with Crippen LogP contribution in [-0.4, -0.2) is 5.33 Å². The van der Waals surface area contributed by atoms with Crippen molar-refractivity contribution < 1.29 is 4.39 Å². The van der Waals surface area contributed by atoms with Crippen molar-refractivity contribution in [3.8, 4) is 0 Å². The maximum atomic E-state index is 12.7. The van der Waals surface area contributed by atoms with E-state index in [0.29, 0.717) is 10.6 Å². The summed E-state index contributed by atoms with van der Waals surface area (Å²) in [4.78, 5) is 0. The third-order valence-corrected chi connectivity index (χ3v) is 2.06. The molecule has 3 heteroatoms. The van der Waals surface area contributed by atoms with Crippen molar-refractivity contribution in [1.82, 2.24) is 0 Å². The number of hydrogen-bond donors (Lipinski definition) is 0. The number of halogens is 3. The van der Waals surface area contributed by atoms with Crippen LogP contribution in [0.2, 0.25) is 5.02 Å². The Morgan fingerprint density at radius 3 is 2.92 bits per heavy atom. The van der Waals surface area contributed by atoms with Crippen molar-refractivity contribution in [2.75, 3.05) is 5.33 Å². The molecule has 0 aliphatic heterocycles. The Balaban J connectivity index is 2.97. The molecule has 0 nitrogen and oxygen atoms in total. The molecule has 1 rings (SSSR count). The molecule has 1 aromatic carbocycles. The molecule has 0 unspecified atom stereocenters. The van der Waals surface area contributed by atoms with Crippen molar-refractivity contribution >= 4 is 33.6 Å². The predicted octanol–water partition coefficient (Wildman–Crippen LogP) is 3.89. The van der Waals surface area contributed by atoms with Gasteiger partial charge in [-0.25, -0.2) is 4.39 Å². The molecule has 64 valence electrons. The van der Waals surface area contributed by atoms with Crippen molar-refractivity contribution in [2.24, 2.45) is 0 Å². The van der Waals surface area contributed by atoms with E-state index in [9.17, 15) is 4.39 Å². The van der Waals surface area contributed by atoms with Crippen LogP contribution in [0, 0.1) is 5.82 Å². The normalized spacial score (nSPS) is 10.9. The number of allylic oxidation sites excluding steroid dienone is 1. The van der Waals surface area contributed by atoms with Crippen LogP contribution in [0.4, 0.5) is 4.39 Å². The van der Waals surface area contributed by atoms with Gasteiger partial charge in [-0.05, 0) is 23.8 Å². The zero-order chi connectivity index (χ0) is 8.97. The van der Waals surface area contributed by atoms with Crippen molar-refractivity contribution in [3.63, 3.8) is 0 Å². The van der Waals surface area contributed by atoms with Gasteiger partial charge in [0.05, 0.1) is 0 Å². The highest BCUT2D eigenvalue weighted by atomic mass is 79.9. The minimum Gasteiger partial charge on any atom is -0.207 e. The molecule has 0 heterocycles. The van der Waals surface area contributed by atoms with E-state index in [4.69, 9.17) is 11.6 Å². The number of alkyl halides is 1. The first-order valence-electron chi connectivity index (χ1n) is 3.41. The van der Waals surface area contributed by atoms with Gasteiger partial charge in [0.1, 0.15) is 5.82 Å². The van der Waals surface area contributed by atoms with Gasteiger partial charge in [-0.3, -0.25) is 0 Å². The lowest BCUT2D eigenvalue weighted by Crippen LogP contribution is -1.78. The van der Waals surface area contributed by atoms with E-state index in [2.05, 4.69) is 15.9 Å². The van der Waals surface area contributed by atoms with Gasteiger partial charge in [0.15, 0.2) is 0 Å². The van der Waals surface area contributed by atoms with Gasteiger partial charge < -0.3 is 0 Å². The highest BCUT2D eigenvalue weighted by molar-refractivity contribution is 9.09. The number of benzene rings is 1. The molecule has 0 atom stereocenters. The Morgan fingerprint density at radius 2 is 2.25 bits per heavy atom. The molecule has 0 N–H and O–H groups in total. The van der Waals surface area contributed by atoms with Crippen LogP contribution in [0.15, 0.2) is 24.3 Å². The maximum absolute atomic E-state index is 12.7. The fourth-order valence-corrected chi connectivity index (χ4v) is 1.18. The van der Waals surface area contributed by atoms with Crippen LogP contribution in [0.5, 0.6) is 0 Å². The summed E-state index contributed by atoms with van der Waals surface area (Å²) in [5.74, 6) is -0.270. The fourth-order valence-electron chi connectivity index (χ4n) is 0.814. The monoisotopic (exact) mass is 248 g/mol. The van der Waals surface area contributed by atoms with Crippen molar-refractivity contribution in [3.05, 3.63) is 40.7 Å². The minimum absolute atomic E-state index is 0.270. The molecule has 0 aliphatic rings. The van der Waals surface area contributed by atoms with Gasteiger partial charge in [-0.1, -0.05) is 39.7 Å². The van der Waals surface area contributed by atoms with Gasteiger partial charge in [-0.2, -0.15) is 0 Å². The molecular formula is C9H7BrClF. The molecule has 0 saturated carbocycles. The SMILES string of the molecule is Fc1ccc(Cl)c(C=CCBr)c1. The van der Waals surface area contributed by atoms with Crippen molar-refractivity contribution in [1.29, 1.82) is 0 Å². The standard InChI is InChI=1S/C9H7BrClF/c10-5-1-2-7-6-8(12)3-4-9(7)11/h1-4,6H,5H2. The van der Waals surface area contributed by atoms with Gasteiger partial charge in [0.25, 0.3) is 0 Å². The second-order valence-corrected chi connectivity index (χ2v) is 3.28. The first-order chi connectivity index (χ1) is 5.74. The van der Waals surface area contributed by atoms with Gasteiger partial charge in [-0.15, -0.1) is 0 Å². The van der Waals surface area contributed by atoms with E-state index < -0.39 is 0 Å². The summed E-state index contributed by atoms with van der Waals surface area (Å²) in [6, 6.07) is 4.29. The summed E-state index contributed by atoms with van der Waals surface area (Å²) in [7, 11) is 0. The lowest BCUT2D eigenvalue weighted by atomic mass is 10.2. The third kappa shape index (κ3) is 2.61. The predicted molar refractivity (Wildman–Crippen MR) is 54.2 cm³/mol. The van der Waals surface area contributed by atoms with Crippen LogP contribution in [0.25, 0.3) is 6.08 Å². The van der Waals surface area contributed by atoms with Gasteiger partial charge in [0, 0.05) is 10.4 Å². The highest BCUT2D eigenvalue weighted by Gasteiger charge is 1.97. The van der Waals surface area contributed by atoms with E-state index in [1.807, 2.05) is 6.08 Å². The molecule has 0 saturated heterocycles. The van der Waals surface area contributed by atoms with Crippen molar-refractivity contribution in [2.45, 2.75) is 0 Å². The summed E-state index contributed by atoms with van der Waals surface area (Å²) in [6.07, 6.45) is 3.64. The van der Waals surface area contributed by atoms with E-state index in [1.165, 1.54) is 12.1 Å². The first-order valence-corrected chi connectivity index (χ1v) is 4.91. The molecule has 0 fully saturated rings. The van der Waals surface area contributed by atoms with Crippen LogP contribution in [-0.2, 0) is 0 Å². The molecule has 0 radical (unpaired) electrons. The first kappa shape index (κ1) is 9.75. The smallest absolute Gasteiger partial charge is 0.123 e. The molecule has 0 bridgehead atoms. The maximum Gasteiger partial charge on any atom is 0.123 e. The second kappa shape index (κ2) is 4.63. The molecule has 0 aliphatic carbocycles. The third-order valence-electron chi connectivity index (χ3n) is 1.34. The van der Waals surface area contributed by atoms with E-state index in [1.54, 1.807) is 12.1 Å². The molecule has 0 amide bonds. The van der Waals surface area contributed by atoms with E-state index in [-0.39, 0.29) is 5.82 Å². The lowest BCUT2D eigenvalue weighted by Gasteiger charge is -1.96. The fraction of sp³-hybridized carbons (Fsp3) is 0.111. The second-order valence-electron chi connectivity index (χ2n) is 2.22.